The van der Waals surface area contributed by atoms with Gasteiger partial charge < -0.3 is 14.2 Å². The fraction of sp³-hybridized carbons (Fsp3) is 0.286. The van der Waals surface area contributed by atoms with E-state index in [4.69, 9.17) is 9.47 Å². The molecule has 0 aliphatic rings. The van der Waals surface area contributed by atoms with E-state index in [9.17, 15) is 4.79 Å². The third-order valence-electron chi connectivity index (χ3n) is 4.16. The summed E-state index contributed by atoms with van der Waals surface area (Å²) in [5.74, 6) is 1.25. The zero-order valence-electron chi connectivity index (χ0n) is 16.0. The molecule has 0 fully saturated rings. The van der Waals surface area contributed by atoms with Crippen LogP contribution >= 0.6 is 0 Å². The number of benzene rings is 2. The van der Waals surface area contributed by atoms with Crippen molar-refractivity contribution in [3.05, 3.63) is 71.3 Å². The summed E-state index contributed by atoms with van der Waals surface area (Å²) in [6.45, 7) is 6.73. The SMILES string of the molecule is COC(=O)OC(=C(C)C(C)(C)[SiH3])c1cccc(OCc2ccccc2)c1. The molecule has 0 bridgehead atoms. The summed E-state index contributed by atoms with van der Waals surface area (Å²) in [7, 11) is 2.23. The average molecular weight is 371 g/mol. The minimum atomic E-state index is -0.721. The van der Waals surface area contributed by atoms with Crippen molar-refractivity contribution in [2.45, 2.75) is 32.4 Å². The van der Waals surface area contributed by atoms with Crippen molar-refractivity contribution in [2.75, 3.05) is 7.11 Å². The quantitative estimate of drug-likeness (QED) is 0.431. The van der Waals surface area contributed by atoms with Gasteiger partial charge in [-0.05, 0) is 35.2 Å². The van der Waals surface area contributed by atoms with Crippen molar-refractivity contribution in [1.29, 1.82) is 0 Å². The zero-order valence-corrected chi connectivity index (χ0v) is 18.0. The van der Waals surface area contributed by atoms with E-state index in [1.807, 2.05) is 61.5 Å². The molecule has 0 saturated heterocycles. The van der Waals surface area contributed by atoms with Crippen LogP contribution in [0.15, 0.2) is 60.2 Å². The van der Waals surface area contributed by atoms with Crippen LogP contribution in [0.5, 0.6) is 5.75 Å². The number of rotatable bonds is 6. The highest BCUT2D eigenvalue weighted by atomic mass is 28.1. The largest absolute Gasteiger partial charge is 0.513 e. The summed E-state index contributed by atoms with van der Waals surface area (Å²) in [5.41, 5.74) is 2.90. The Morgan fingerprint density at radius 3 is 2.38 bits per heavy atom. The maximum atomic E-state index is 11.7. The van der Waals surface area contributed by atoms with E-state index < -0.39 is 6.16 Å². The van der Waals surface area contributed by atoms with Crippen molar-refractivity contribution in [2.24, 2.45) is 0 Å². The van der Waals surface area contributed by atoms with Gasteiger partial charge in [0.2, 0.25) is 0 Å². The maximum absolute atomic E-state index is 11.7. The van der Waals surface area contributed by atoms with E-state index in [-0.39, 0.29) is 5.04 Å². The van der Waals surface area contributed by atoms with Gasteiger partial charge in [-0.25, -0.2) is 4.79 Å². The van der Waals surface area contributed by atoms with Crippen molar-refractivity contribution in [1.82, 2.24) is 0 Å². The number of carbonyl (C=O) groups excluding carboxylic acids is 1. The topological polar surface area (TPSA) is 44.8 Å². The molecule has 0 saturated carbocycles. The second-order valence-corrected chi connectivity index (χ2v) is 9.56. The Hall–Kier alpha value is -2.53. The lowest BCUT2D eigenvalue weighted by atomic mass is 9.99. The molecule has 26 heavy (non-hydrogen) atoms. The van der Waals surface area contributed by atoms with Gasteiger partial charge in [0.15, 0.2) is 0 Å². The first kappa shape index (κ1) is 19.8. The summed E-state index contributed by atoms with van der Waals surface area (Å²) in [6.07, 6.45) is -0.721. The Kier molecular flexibility index (Phi) is 6.63. The number of hydrogen-bond donors (Lipinski definition) is 0. The second kappa shape index (κ2) is 8.72. The number of ether oxygens (including phenoxy) is 3. The summed E-state index contributed by atoms with van der Waals surface area (Å²) in [4.78, 5) is 11.7. The molecule has 5 heteroatoms. The molecule has 0 N–H and O–H groups in total. The van der Waals surface area contributed by atoms with Gasteiger partial charge in [-0.15, -0.1) is 0 Å². The molecule has 0 aliphatic heterocycles. The molecule has 0 amide bonds. The molecule has 0 heterocycles. The smallest absolute Gasteiger partial charge is 0.489 e. The van der Waals surface area contributed by atoms with Gasteiger partial charge in [-0.1, -0.05) is 56.3 Å². The summed E-state index contributed by atoms with van der Waals surface area (Å²) in [5, 5.41) is -0.0236. The average Bonchev–Trinajstić information content (AvgIpc) is 2.64. The van der Waals surface area contributed by atoms with Crippen LogP contribution in [0, 0.1) is 0 Å². The van der Waals surface area contributed by atoms with Gasteiger partial charge in [0, 0.05) is 15.8 Å². The van der Waals surface area contributed by atoms with E-state index in [2.05, 4.69) is 18.6 Å². The van der Waals surface area contributed by atoms with E-state index in [0.29, 0.717) is 12.4 Å². The van der Waals surface area contributed by atoms with Gasteiger partial charge in [0.25, 0.3) is 0 Å². The van der Waals surface area contributed by atoms with E-state index in [1.54, 1.807) is 0 Å². The van der Waals surface area contributed by atoms with Gasteiger partial charge >= 0.3 is 6.16 Å². The highest BCUT2D eigenvalue weighted by Gasteiger charge is 2.22. The summed E-state index contributed by atoms with van der Waals surface area (Å²) >= 11 is 0. The van der Waals surface area contributed by atoms with Gasteiger partial charge in [0.1, 0.15) is 18.1 Å². The molecule has 2 aromatic rings. The van der Waals surface area contributed by atoms with Gasteiger partial charge in [0.05, 0.1) is 7.11 Å². The minimum Gasteiger partial charge on any atom is -0.489 e. The molecule has 0 spiro atoms. The Morgan fingerprint density at radius 1 is 1.08 bits per heavy atom. The maximum Gasteiger partial charge on any atom is 0.513 e. The highest BCUT2D eigenvalue weighted by molar-refractivity contribution is 6.17. The Labute approximate surface area is 158 Å². The van der Waals surface area contributed by atoms with Gasteiger partial charge in [-0.2, -0.15) is 0 Å². The van der Waals surface area contributed by atoms with Crippen molar-refractivity contribution < 1.29 is 19.0 Å². The predicted molar refractivity (Wildman–Crippen MR) is 107 cm³/mol. The lowest BCUT2D eigenvalue weighted by Gasteiger charge is -2.23. The van der Waals surface area contributed by atoms with E-state index >= 15 is 0 Å². The van der Waals surface area contributed by atoms with Crippen LogP contribution < -0.4 is 4.74 Å². The number of hydrogen-bond acceptors (Lipinski definition) is 4. The third kappa shape index (κ3) is 5.49. The van der Waals surface area contributed by atoms with Crippen LogP contribution in [0.2, 0.25) is 5.04 Å². The summed E-state index contributed by atoms with van der Waals surface area (Å²) in [6, 6.07) is 17.6. The van der Waals surface area contributed by atoms with E-state index in [1.165, 1.54) is 7.11 Å². The molecule has 0 radical (unpaired) electrons. The highest BCUT2D eigenvalue weighted by Crippen LogP contribution is 2.37. The summed E-state index contributed by atoms with van der Waals surface area (Å²) < 4.78 is 16.1. The minimum absolute atomic E-state index is 0.0236. The molecule has 138 valence electrons. The Morgan fingerprint density at radius 2 is 1.77 bits per heavy atom. The first-order valence-corrected chi connectivity index (χ1v) is 9.55. The van der Waals surface area contributed by atoms with Crippen LogP contribution in [0.25, 0.3) is 5.76 Å². The lowest BCUT2D eigenvalue weighted by Crippen LogP contribution is -2.11. The first-order valence-electron chi connectivity index (χ1n) is 8.55. The molecule has 0 atom stereocenters. The lowest BCUT2D eigenvalue weighted by molar-refractivity contribution is 0.111. The van der Waals surface area contributed by atoms with E-state index in [0.717, 1.165) is 32.7 Å². The van der Waals surface area contributed by atoms with Crippen molar-refractivity contribution in [3.63, 3.8) is 0 Å². The molecular formula is C21H26O4Si. The number of carbonyl (C=O) groups is 1. The van der Waals surface area contributed by atoms with Crippen LogP contribution in [-0.2, 0) is 16.1 Å². The predicted octanol–water partition coefficient (Wildman–Crippen LogP) is 4.34. The Balaban J connectivity index is 2.30. The fourth-order valence-corrected chi connectivity index (χ4v) is 2.51. The zero-order chi connectivity index (χ0) is 19.2. The van der Waals surface area contributed by atoms with Crippen LogP contribution in [0.4, 0.5) is 4.79 Å². The number of allylic oxidation sites excluding steroid dienone is 1. The number of methoxy groups -OCH3 is 1. The fourth-order valence-electron chi connectivity index (χ4n) is 2.29. The van der Waals surface area contributed by atoms with Gasteiger partial charge in [-0.3, -0.25) is 0 Å². The third-order valence-corrected chi connectivity index (χ3v) is 4.91. The molecule has 4 nitrogen and oxygen atoms in total. The standard InChI is InChI=1S/C21H26O4Si/c1-15(21(2,3)26)19(25-20(22)23-4)17-11-8-12-18(13-17)24-14-16-9-6-5-7-10-16/h5-13H,14H2,1-4,26H3. The molecular weight excluding hydrogens is 344 g/mol. The molecule has 0 unspecified atom stereocenters. The molecule has 0 aromatic heterocycles. The van der Waals surface area contributed by atoms with Crippen molar-refractivity contribution >= 4 is 22.2 Å². The Bertz CT molecular complexity index is 776. The van der Waals surface area contributed by atoms with Crippen LogP contribution in [0.3, 0.4) is 0 Å². The van der Waals surface area contributed by atoms with Crippen LogP contribution in [-0.4, -0.2) is 23.5 Å². The molecule has 2 aromatic carbocycles. The molecule has 2 rings (SSSR count). The normalized spacial score (nSPS) is 12.3. The second-order valence-electron chi connectivity index (χ2n) is 7.06. The molecule has 0 aliphatic carbocycles. The monoisotopic (exact) mass is 370 g/mol. The van der Waals surface area contributed by atoms with Crippen molar-refractivity contribution in [3.8, 4) is 5.75 Å². The first-order chi connectivity index (χ1) is 12.3. The van der Waals surface area contributed by atoms with Crippen LogP contribution in [0.1, 0.15) is 31.9 Å².